The van der Waals surface area contributed by atoms with E-state index in [0.29, 0.717) is 10.8 Å². The third-order valence-electron chi connectivity index (χ3n) is 2.45. The summed E-state index contributed by atoms with van der Waals surface area (Å²) >= 11 is 9.39. The molecule has 0 atom stereocenters. The van der Waals surface area contributed by atoms with Gasteiger partial charge in [0.15, 0.2) is 0 Å². The van der Waals surface area contributed by atoms with Crippen molar-refractivity contribution in [1.82, 2.24) is 10.2 Å². The van der Waals surface area contributed by atoms with Crippen LogP contribution in [-0.2, 0) is 6.42 Å². The molecule has 2 aromatic rings. The van der Waals surface area contributed by atoms with E-state index in [4.69, 9.17) is 17.3 Å². The zero-order valence-electron chi connectivity index (χ0n) is 8.72. The second-order valence-corrected chi connectivity index (χ2v) is 4.73. The second kappa shape index (κ2) is 4.47. The molecule has 84 valence electrons. The number of aromatic nitrogens is 2. The Balaban J connectivity index is 2.58. The highest BCUT2D eigenvalue weighted by Crippen LogP contribution is 2.33. The Morgan fingerprint density at radius 1 is 1.50 bits per heavy atom. The Labute approximate surface area is 107 Å². The van der Waals surface area contributed by atoms with Crippen molar-refractivity contribution in [3.63, 3.8) is 0 Å². The number of nitrogens with one attached hydrogen (secondary N) is 1. The molecule has 3 N–H and O–H groups in total. The summed E-state index contributed by atoms with van der Waals surface area (Å²) in [5, 5.41) is 7.68. The number of rotatable bonds is 2. The molecule has 1 aromatic carbocycles. The third kappa shape index (κ3) is 1.95. The summed E-state index contributed by atoms with van der Waals surface area (Å²) in [5.74, 6) is 0.555. The Bertz CT molecular complexity index is 522. The highest BCUT2D eigenvalue weighted by atomic mass is 79.9. The van der Waals surface area contributed by atoms with Crippen molar-refractivity contribution < 1.29 is 0 Å². The molecule has 0 aliphatic rings. The van der Waals surface area contributed by atoms with Crippen LogP contribution in [0.5, 0.6) is 0 Å². The van der Waals surface area contributed by atoms with Crippen molar-refractivity contribution in [1.29, 1.82) is 0 Å². The summed E-state index contributed by atoms with van der Waals surface area (Å²) in [5.41, 5.74) is 8.78. The van der Waals surface area contributed by atoms with E-state index in [2.05, 4.69) is 33.1 Å². The molecule has 5 heteroatoms. The quantitative estimate of drug-likeness (QED) is 0.889. The molecule has 0 radical (unpaired) electrons. The Kier molecular flexibility index (Phi) is 3.21. The Morgan fingerprint density at radius 2 is 2.25 bits per heavy atom. The maximum atomic E-state index is 5.90. The highest BCUT2D eigenvalue weighted by molar-refractivity contribution is 9.10. The van der Waals surface area contributed by atoms with Crippen LogP contribution in [-0.4, -0.2) is 10.2 Å². The molecule has 1 heterocycles. The number of anilines is 1. The number of hydrogen-bond acceptors (Lipinski definition) is 2. The summed E-state index contributed by atoms with van der Waals surface area (Å²) in [6.07, 6.45) is 0.840. The number of halogens is 2. The van der Waals surface area contributed by atoms with Gasteiger partial charge in [-0.3, -0.25) is 5.10 Å². The number of nitrogens with zero attached hydrogens (tertiary/aromatic N) is 1. The van der Waals surface area contributed by atoms with Crippen LogP contribution in [0.2, 0.25) is 5.02 Å². The summed E-state index contributed by atoms with van der Waals surface area (Å²) < 4.78 is 0.929. The van der Waals surface area contributed by atoms with Gasteiger partial charge >= 0.3 is 0 Å². The molecule has 16 heavy (non-hydrogen) atoms. The lowest BCUT2D eigenvalue weighted by Crippen LogP contribution is -1.91. The van der Waals surface area contributed by atoms with Crippen LogP contribution in [0.1, 0.15) is 12.5 Å². The largest absolute Gasteiger partial charge is 0.382 e. The van der Waals surface area contributed by atoms with Gasteiger partial charge in [-0.05, 0) is 18.6 Å². The van der Waals surface area contributed by atoms with E-state index in [0.717, 1.165) is 27.7 Å². The van der Waals surface area contributed by atoms with E-state index in [-0.39, 0.29) is 0 Å². The molecule has 0 amide bonds. The summed E-state index contributed by atoms with van der Waals surface area (Å²) in [7, 11) is 0. The van der Waals surface area contributed by atoms with E-state index in [9.17, 15) is 0 Å². The normalized spacial score (nSPS) is 10.7. The van der Waals surface area contributed by atoms with Gasteiger partial charge in [-0.1, -0.05) is 40.5 Å². The van der Waals surface area contributed by atoms with Gasteiger partial charge in [-0.15, -0.1) is 0 Å². The van der Waals surface area contributed by atoms with Crippen molar-refractivity contribution in [2.24, 2.45) is 0 Å². The van der Waals surface area contributed by atoms with E-state index in [1.807, 2.05) is 18.2 Å². The van der Waals surface area contributed by atoms with Crippen molar-refractivity contribution in [3.8, 4) is 11.3 Å². The molecule has 0 saturated carbocycles. The smallest absolute Gasteiger partial charge is 0.149 e. The molecule has 0 aliphatic carbocycles. The van der Waals surface area contributed by atoms with Gasteiger partial charge in [0.1, 0.15) is 5.82 Å². The van der Waals surface area contributed by atoms with Crippen molar-refractivity contribution >= 4 is 33.3 Å². The van der Waals surface area contributed by atoms with Crippen molar-refractivity contribution in [3.05, 3.63) is 33.3 Å². The lowest BCUT2D eigenvalue weighted by molar-refractivity contribution is 1.10. The van der Waals surface area contributed by atoms with Crippen LogP contribution >= 0.6 is 27.5 Å². The maximum Gasteiger partial charge on any atom is 0.149 e. The SMILES string of the molecule is CCc1c(N)n[nH]c1-c1ccc(Cl)cc1Br. The predicted molar refractivity (Wildman–Crippen MR) is 70.5 cm³/mol. The van der Waals surface area contributed by atoms with E-state index < -0.39 is 0 Å². The molecule has 0 bridgehead atoms. The molecule has 0 spiro atoms. The average molecular weight is 301 g/mol. The standard InChI is InChI=1S/C11H11BrClN3/c1-2-7-10(15-16-11(7)14)8-4-3-6(13)5-9(8)12/h3-5H,2H2,1H3,(H3,14,15,16). The number of hydrogen-bond donors (Lipinski definition) is 2. The van der Waals surface area contributed by atoms with Gasteiger partial charge in [0.05, 0.1) is 5.69 Å². The van der Waals surface area contributed by atoms with E-state index in [1.165, 1.54) is 0 Å². The number of nitrogens with two attached hydrogens (primary N) is 1. The zero-order valence-corrected chi connectivity index (χ0v) is 11.1. The van der Waals surface area contributed by atoms with Crippen LogP contribution in [0.4, 0.5) is 5.82 Å². The minimum atomic E-state index is 0.555. The second-order valence-electron chi connectivity index (χ2n) is 3.44. The minimum Gasteiger partial charge on any atom is -0.382 e. The Morgan fingerprint density at radius 3 is 2.88 bits per heavy atom. The van der Waals surface area contributed by atoms with Gasteiger partial charge in [0.2, 0.25) is 0 Å². The number of benzene rings is 1. The van der Waals surface area contributed by atoms with Gasteiger partial charge in [-0.25, -0.2) is 0 Å². The lowest BCUT2D eigenvalue weighted by Gasteiger charge is -2.05. The zero-order chi connectivity index (χ0) is 11.7. The minimum absolute atomic E-state index is 0.555. The van der Waals surface area contributed by atoms with Crippen LogP contribution in [0.15, 0.2) is 22.7 Å². The fraction of sp³-hybridized carbons (Fsp3) is 0.182. The summed E-state index contributed by atoms with van der Waals surface area (Å²) in [4.78, 5) is 0. The van der Waals surface area contributed by atoms with E-state index >= 15 is 0 Å². The number of nitrogen functional groups attached to an aromatic ring is 1. The molecule has 1 aromatic heterocycles. The molecular formula is C11H11BrClN3. The van der Waals surface area contributed by atoms with Crippen molar-refractivity contribution in [2.45, 2.75) is 13.3 Å². The summed E-state index contributed by atoms with van der Waals surface area (Å²) in [6, 6.07) is 5.64. The Hall–Kier alpha value is -1.000. The summed E-state index contributed by atoms with van der Waals surface area (Å²) in [6.45, 7) is 2.05. The van der Waals surface area contributed by atoms with Crippen molar-refractivity contribution in [2.75, 3.05) is 5.73 Å². The molecule has 0 unspecified atom stereocenters. The van der Waals surface area contributed by atoms with Crippen LogP contribution in [0.25, 0.3) is 11.3 Å². The fourth-order valence-electron chi connectivity index (χ4n) is 1.65. The third-order valence-corrected chi connectivity index (χ3v) is 3.34. The molecule has 2 rings (SSSR count). The average Bonchev–Trinajstić information content (AvgIpc) is 2.59. The van der Waals surface area contributed by atoms with Crippen LogP contribution < -0.4 is 5.73 Å². The van der Waals surface area contributed by atoms with Gasteiger partial charge < -0.3 is 5.73 Å². The lowest BCUT2D eigenvalue weighted by atomic mass is 10.1. The first-order valence-corrected chi connectivity index (χ1v) is 6.08. The molecule has 0 fully saturated rings. The molecule has 0 aliphatic heterocycles. The monoisotopic (exact) mass is 299 g/mol. The fourth-order valence-corrected chi connectivity index (χ4v) is 2.53. The van der Waals surface area contributed by atoms with Crippen LogP contribution in [0.3, 0.4) is 0 Å². The topological polar surface area (TPSA) is 54.7 Å². The first kappa shape index (κ1) is 11.5. The first-order valence-electron chi connectivity index (χ1n) is 4.91. The first-order chi connectivity index (χ1) is 7.63. The van der Waals surface area contributed by atoms with Gasteiger partial charge in [-0.2, -0.15) is 5.10 Å². The molecule has 0 saturated heterocycles. The molecule has 3 nitrogen and oxygen atoms in total. The number of H-pyrrole nitrogens is 1. The highest BCUT2D eigenvalue weighted by Gasteiger charge is 2.13. The predicted octanol–water partition coefficient (Wildman–Crippen LogP) is 3.64. The van der Waals surface area contributed by atoms with Gasteiger partial charge in [0.25, 0.3) is 0 Å². The maximum absolute atomic E-state index is 5.90. The molecular weight excluding hydrogens is 289 g/mol. The van der Waals surface area contributed by atoms with E-state index in [1.54, 1.807) is 0 Å². The van der Waals surface area contributed by atoms with Crippen LogP contribution in [0, 0.1) is 0 Å². The number of aromatic amines is 1. The van der Waals surface area contributed by atoms with Gasteiger partial charge in [0, 0.05) is 20.6 Å².